The number of hydrogen-bond acceptors (Lipinski definition) is 4. The van der Waals surface area contributed by atoms with Crippen LogP contribution in [0.15, 0.2) is 0 Å². The van der Waals surface area contributed by atoms with Gasteiger partial charge in [0.2, 0.25) is 11.6 Å². The van der Waals surface area contributed by atoms with Gasteiger partial charge in [0.1, 0.15) is 0 Å². The highest BCUT2D eigenvalue weighted by Crippen LogP contribution is 2.36. The van der Waals surface area contributed by atoms with E-state index in [-0.39, 0.29) is 22.5 Å². The van der Waals surface area contributed by atoms with E-state index in [1.54, 1.807) is 0 Å². The third kappa shape index (κ3) is 1.04. The third-order valence-corrected chi connectivity index (χ3v) is 2.35. The Labute approximate surface area is 83.3 Å². The molecule has 0 atom stereocenters. The van der Waals surface area contributed by atoms with Crippen molar-refractivity contribution in [1.82, 2.24) is 10.2 Å². The highest BCUT2D eigenvalue weighted by molar-refractivity contribution is 6.31. The molecular weight excluding hydrogens is 206 g/mol. The zero-order chi connectivity index (χ0) is 11.4. The van der Waals surface area contributed by atoms with Crippen molar-refractivity contribution < 1.29 is 18.4 Å². The lowest BCUT2D eigenvalue weighted by Crippen LogP contribution is -2.30. The number of carbonyl (C=O) groups is 2. The summed E-state index contributed by atoms with van der Waals surface area (Å²) in [6.45, 7) is 2.75. The lowest BCUT2D eigenvalue weighted by molar-refractivity contribution is 0.0188. The molecule has 0 aliphatic heterocycles. The van der Waals surface area contributed by atoms with Gasteiger partial charge in [-0.2, -0.15) is 19.0 Å². The molecule has 1 aromatic rings. The van der Waals surface area contributed by atoms with Crippen LogP contribution in [0.1, 0.15) is 32.1 Å². The van der Waals surface area contributed by atoms with Gasteiger partial charge in [0, 0.05) is 0 Å². The molecule has 1 aliphatic rings. The van der Waals surface area contributed by atoms with Crippen molar-refractivity contribution in [1.29, 1.82) is 0 Å². The molecule has 78 valence electrons. The van der Waals surface area contributed by atoms with Gasteiger partial charge < -0.3 is 0 Å². The highest BCUT2D eigenvalue weighted by atomic mass is 19.3. The zero-order valence-electron chi connectivity index (χ0n) is 7.97. The van der Waals surface area contributed by atoms with Gasteiger partial charge in [-0.05, 0) is 13.8 Å². The molecule has 0 bridgehead atoms. The van der Waals surface area contributed by atoms with Crippen LogP contribution in [0.25, 0.3) is 0 Å². The first-order valence-electron chi connectivity index (χ1n) is 4.18. The Balaban J connectivity index is 2.84. The molecule has 4 nitrogen and oxygen atoms in total. The average Bonchev–Trinajstić information content (AvgIpc) is 2.35. The summed E-state index contributed by atoms with van der Waals surface area (Å²) in [6, 6.07) is 0. The van der Waals surface area contributed by atoms with E-state index in [2.05, 4.69) is 10.2 Å². The van der Waals surface area contributed by atoms with E-state index < -0.39 is 17.5 Å². The van der Waals surface area contributed by atoms with Gasteiger partial charge in [0.05, 0.1) is 22.5 Å². The first-order chi connectivity index (χ1) is 6.87. The van der Waals surface area contributed by atoms with Crippen molar-refractivity contribution in [2.24, 2.45) is 0 Å². The monoisotopic (exact) mass is 212 g/mol. The van der Waals surface area contributed by atoms with Gasteiger partial charge in [0.15, 0.2) is 0 Å². The summed E-state index contributed by atoms with van der Waals surface area (Å²) in [5.41, 5.74) is -0.466. The molecular formula is C9H6F2N2O2. The van der Waals surface area contributed by atoms with E-state index in [9.17, 15) is 18.4 Å². The standard InChI is InChI=1S/C9H6F2N2O2/c1-3-5-6(4(2)13-12-3)8(15)9(10,11)7(5)14/h1-2H3. The Morgan fingerprint density at radius 2 is 1.27 bits per heavy atom. The van der Waals surface area contributed by atoms with Crippen LogP contribution in [0.2, 0.25) is 0 Å². The maximum absolute atomic E-state index is 13.1. The average molecular weight is 212 g/mol. The van der Waals surface area contributed by atoms with Crippen LogP contribution in [0, 0.1) is 13.8 Å². The second-order valence-corrected chi connectivity index (χ2v) is 3.35. The smallest absolute Gasteiger partial charge is 0.287 e. The Bertz CT molecular complexity index is 454. The number of aromatic nitrogens is 2. The molecule has 0 saturated heterocycles. The number of halogens is 2. The fraction of sp³-hybridized carbons (Fsp3) is 0.333. The fourth-order valence-corrected chi connectivity index (χ4v) is 1.58. The van der Waals surface area contributed by atoms with Crippen molar-refractivity contribution in [3.05, 3.63) is 22.5 Å². The van der Waals surface area contributed by atoms with E-state index in [0.29, 0.717) is 0 Å². The number of Topliss-reactive ketones (excluding diaryl/α,β-unsaturated/α-hetero) is 2. The van der Waals surface area contributed by atoms with Gasteiger partial charge in [-0.1, -0.05) is 0 Å². The molecule has 1 aliphatic carbocycles. The van der Waals surface area contributed by atoms with E-state index in [1.165, 1.54) is 13.8 Å². The number of rotatable bonds is 0. The summed E-state index contributed by atoms with van der Waals surface area (Å²) in [5.74, 6) is -6.90. The van der Waals surface area contributed by atoms with Crippen LogP contribution in [0.3, 0.4) is 0 Å². The number of carbonyl (C=O) groups excluding carboxylic acids is 2. The number of aryl methyl sites for hydroxylation is 2. The quantitative estimate of drug-likeness (QED) is 0.604. The molecule has 1 aromatic heterocycles. The number of ketones is 2. The lowest BCUT2D eigenvalue weighted by Gasteiger charge is -2.01. The minimum absolute atomic E-state index is 0.0612. The summed E-state index contributed by atoms with van der Waals surface area (Å²) in [4.78, 5) is 22.5. The van der Waals surface area contributed by atoms with Crippen LogP contribution in [0.4, 0.5) is 8.78 Å². The molecule has 0 spiro atoms. The number of fused-ring (bicyclic) bond motifs is 1. The fourth-order valence-electron chi connectivity index (χ4n) is 1.58. The molecule has 0 N–H and O–H groups in total. The Morgan fingerprint density at radius 1 is 0.933 bits per heavy atom. The molecule has 0 unspecified atom stereocenters. The van der Waals surface area contributed by atoms with E-state index in [1.807, 2.05) is 0 Å². The van der Waals surface area contributed by atoms with Crippen LogP contribution >= 0.6 is 0 Å². The molecule has 0 radical (unpaired) electrons. The summed E-state index contributed by atoms with van der Waals surface area (Å²) >= 11 is 0. The topological polar surface area (TPSA) is 59.9 Å². The summed E-state index contributed by atoms with van der Waals surface area (Å²) in [7, 11) is 0. The second kappa shape index (κ2) is 2.65. The van der Waals surface area contributed by atoms with Gasteiger partial charge in [-0.3, -0.25) is 9.59 Å². The van der Waals surface area contributed by atoms with Crippen molar-refractivity contribution in [2.75, 3.05) is 0 Å². The van der Waals surface area contributed by atoms with E-state index in [0.717, 1.165) is 0 Å². The lowest BCUT2D eigenvalue weighted by atomic mass is 10.1. The first kappa shape index (κ1) is 9.82. The van der Waals surface area contributed by atoms with Crippen molar-refractivity contribution >= 4 is 11.6 Å². The minimum atomic E-state index is -3.96. The van der Waals surface area contributed by atoms with Crippen molar-refractivity contribution in [3.8, 4) is 0 Å². The van der Waals surface area contributed by atoms with Gasteiger partial charge in [-0.15, -0.1) is 0 Å². The Hall–Kier alpha value is -1.72. The van der Waals surface area contributed by atoms with Crippen LogP contribution in [-0.4, -0.2) is 27.7 Å². The predicted octanol–water partition coefficient (Wildman–Crippen LogP) is 1.11. The normalized spacial score (nSPS) is 18.1. The van der Waals surface area contributed by atoms with E-state index >= 15 is 0 Å². The summed E-state index contributed by atoms with van der Waals surface area (Å²) in [6.07, 6.45) is 0. The zero-order valence-corrected chi connectivity index (χ0v) is 7.97. The summed E-state index contributed by atoms with van der Waals surface area (Å²) < 4.78 is 26.3. The third-order valence-electron chi connectivity index (χ3n) is 2.35. The Morgan fingerprint density at radius 3 is 1.60 bits per heavy atom. The largest absolute Gasteiger partial charge is 0.371 e. The van der Waals surface area contributed by atoms with Gasteiger partial charge in [-0.25, -0.2) is 0 Å². The number of nitrogens with zero attached hydrogens (tertiary/aromatic N) is 2. The number of hydrogen-bond donors (Lipinski definition) is 0. The maximum Gasteiger partial charge on any atom is 0.371 e. The SMILES string of the molecule is Cc1nnc(C)c2c1C(=O)C(F)(F)C2=O. The molecule has 6 heteroatoms. The number of alkyl halides is 2. The van der Waals surface area contributed by atoms with Crippen LogP contribution < -0.4 is 0 Å². The molecule has 0 saturated carbocycles. The Kier molecular flexibility index (Phi) is 1.74. The van der Waals surface area contributed by atoms with Crippen molar-refractivity contribution in [2.45, 2.75) is 19.8 Å². The minimum Gasteiger partial charge on any atom is -0.287 e. The van der Waals surface area contributed by atoms with Crippen LogP contribution in [-0.2, 0) is 0 Å². The molecule has 15 heavy (non-hydrogen) atoms. The predicted molar refractivity (Wildman–Crippen MR) is 45.1 cm³/mol. The molecule has 1 heterocycles. The molecule has 0 amide bonds. The molecule has 0 fully saturated rings. The van der Waals surface area contributed by atoms with Gasteiger partial charge >= 0.3 is 5.92 Å². The first-order valence-corrected chi connectivity index (χ1v) is 4.18. The second-order valence-electron chi connectivity index (χ2n) is 3.35. The molecule has 0 aromatic carbocycles. The highest BCUT2D eigenvalue weighted by Gasteiger charge is 2.56. The van der Waals surface area contributed by atoms with Crippen LogP contribution in [0.5, 0.6) is 0 Å². The maximum atomic E-state index is 13.1. The molecule has 2 rings (SSSR count). The summed E-state index contributed by atoms with van der Waals surface area (Å²) in [5, 5.41) is 7.09. The van der Waals surface area contributed by atoms with E-state index in [4.69, 9.17) is 0 Å². The van der Waals surface area contributed by atoms with Crippen molar-refractivity contribution in [3.63, 3.8) is 0 Å². The van der Waals surface area contributed by atoms with Gasteiger partial charge in [0.25, 0.3) is 0 Å².